The van der Waals surface area contributed by atoms with E-state index in [0.29, 0.717) is 32.0 Å². The molecule has 1 heterocycles. The second kappa shape index (κ2) is 7.30. The second-order valence-corrected chi connectivity index (χ2v) is 9.19. The van der Waals surface area contributed by atoms with Crippen LogP contribution in [0.4, 0.5) is 0 Å². The van der Waals surface area contributed by atoms with E-state index < -0.39 is 10.0 Å². The average Bonchev–Trinajstić information content (AvgIpc) is 2.54. The van der Waals surface area contributed by atoms with Gasteiger partial charge in [0.1, 0.15) is 0 Å². The van der Waals surface area contributed by atoms with Crippen molar-refractivity contribution < 1.29 is 13.2 Å². The first-order valence-corrected chi connectivity index (χ1v) is 10.2. The number of piperidine rings is 1. The molecule has 2 fully saturated rings. The van der Waals surface area contributed by atoms with Crippen molar-refractivity contribution in [2.45, 2.75) is 58.4 Å². The topological polar surface area (TPSA) is 57.7 Å². The van der Waals surface area contributed by atoms with Crippen LogP contribution in [-0.4, -0.2) is 55.5 Å². The Hall–Kier alpha value is -0.620. The number of sulfonamides is 1. The van der Waals surface area contributed by atoms with Crippen LogP contribution in [0.3, 0.4) is 0 Å². The minimum absolute atomic E-state index is 0.00680. The Balaban J connectivity index is 1.87. The van der Waals surface area contributed by atoms with Gasteiger partial charge in [-0.25, -0.2) is 12.7 Å². The summed E-state index contributed by atoms with van der Waals surface area (Å²) in [6.07, 6.45) is 5.93. The first-order chi connectivity index (χ1) is 10.3. The molecule has 1 aliphatic heterocycles. The number of rotatable bonds is 4. The molecule has 22 heavy (non-hydrogen) atoms. The molecule has 0 aromatic carbocycles. The molecule has 0 unspecified atom stereocenters. The van der Waals surface area contributed by atoms with E-state index in [1.165, 1.54) is 12.8 Å². The van der Waals surface area contributed by atoms with Crippen molar-refractivity contribution in [3.8, 4) is 0 Å². The smallest absolute Gasteiger partial charge is 0.225 e. The maximum atomic E-state index is 12.7. The Morgan fingerprint density at radius 1 is 1.09 bits per heavy atom. The number of hydrogen-bond acceptors (Lipinski definition) is 3. The zero-order valence-electron chi connectivity index (χ0n) is 14.1. The highest BCUT2D eigenvalue weighted by Gasteiger charge is 2.33. The van der Waals surface area contributed by atoms with Gasteiger partial charge in [0.25, 0.3) is 0 Å². The number of nitrogens with zero attached hydrogens (tertiary/aromatic N) is 2. The third-order valence-electron chi connectivity index (χ3n) is 5.44. The minimum atomic E-state index is -3.11. The summed E-state index contributed by atoms with van der Waals surface area (Å²) in [6.45, 7) is 4.93. The maximum Gasteiger partial charge on any atom is 0.225 e. The molecule has 0 radical (unpaired) electrons. The predicted molar refractivity (Wildman–Crippen MR) is 87.9 cm³/mol. The third-order valence-corrected chi connectivity index (χ3v) is 7.32. The fourth-order valence-corrected chi connectivity index (χ4v) is 4.79. The molecular weight excluding hydrogens is 300 g/mol. The van der Waals surface area contributed by atoms with E-state index in [4.69, 9.17) is 0 Å². The molecule has 0 N–H and O–H groups in total. The molecule has 0 aromatic rings. The van der Waals surface area contributed by atoms with Gasteiger partial charge in [0.05, 0.1) is 5.75 Å². The molecule has 0 bridgehead atoms. The van der Waals surface area contributed by atoms with E-state index >= 15 is 0 Å². The first kappa shape index (κ1) is 17.7. The van der Waals surface area contributed by atoms with E-state index in [1.807, 2.05) is 11.9 Å². The van der Waals surface area contributed by atoms with Crippen LogP contribution in [0.15, 0.2) is 0 Å². The lowest BCUT2D eigenvalue weighted by molar-refractivity contribution is -0.138. The van der Waals surface area contributed by atoms with Crippen molar-refractivity contribution in [3.63, 3.8) is 0 Å². The van der Waals surface area contributed by atoms with Gasteiger partial charge in [0.2, 0.25) is 15.9 Å². The standard InChI is InChI=1S/C16H30N2O3S/c1-4-22(20,21)18-11-9-14(10-12-18)16(19)17(3)15-7-5-13(2)6-8-15/h13-15H,4-12H2,1-3H3. The average molecular weight is 330 g/mol. The molecule has 0 aromatic heterocycles. The van der Waals surface area contributed by atoms with Crippen LogP contribution >= 0.6 is 0 Å². The Morgan fingerprint density at radius 2 is 1.64 bits per heavy atom. The second-order valence-electron chi connectivity index (χ2n) is 6.94. The largest absolute Gasteiger partial charge is 0.343 e. The van der Waals surface area contributed by atoms with Crippen molar-refractivity contribution in [2.75, 3.05) is 25.9 Å². The van der Waals surface area contributed by atoms with Crippen LogP contribution in [0, 0.1) is 11.8 Å². The van der Waals surface area contributed by atoms with E-state index in [9.17, 15) is 13.2 Å². The number of amides is 1. The fraction of sp³-hybridized carbons (Fsp3) is 0.938. The van der Waals surface area contributed by atoms with Crippen LogP contribution in [0.25, 0.3) is 0 Å². The summed E-state index contributed by atoms with van der Waals surface area (Å²) in [5, 5.41) is 0. The minimum Gasteiger partial charge on any atom is -0.343 e. The van der Waals surface area contributed by atoms with Gasteiger partial charge in [-0.2, -0.15) is 0 Å². The number of hydrogen-bond donors (Lipinski definition) is 0. The number of carbonyl (C=O) groups excluding carboxylic acids is 1. The zero-order valence-corrected chi connectivity index (χ0v) is 14.9. The van der Waals surface area contributed by atoms with E-state index in [1.54, 1.807) is 11.2 Å². The zero-order chi connectivity index (χ0) is 16.3. The molecule has 1 saturated heterocycles. The Labute approximate surface area is 135 Å². The molecule has 1 amide bonds. The van der Waals surface area contributed by atoms with E-state index in [0.717, 1.165) is 18.8 Å². The lowest BCUT2D eigenvalue weighted by atomic mass is 9.86. The SMILES string of the molecule is CCS(=O)(=O)N1CCC(C(=O)N(C)C2CCC(C)CC2)CC1. The van der Waals surface area contributed by atoms with Crippen LogP contribution in [0.2, 0.25) is 0 Å². The molecule has 6 heteroatoms. The molecule has 2 aliphatic rings. The molecule has 2 rings (SSSR count). The Kier molecular flexibility index (Phi) is 5.88. The monoisotopic (exact) mass is 330 g/mol. The molecule has 1 aliphatic carbocycles. The molecule has 5 nitrogen and oxygen atoms in total. The van der Waals surface area contributed by atoms with Gasteiger partial charge in [-0.15, -0.1) is 0 Å². The highest BCUT2D eigenvalue weighted by Crippen LogP contribution is 2.29. The van der Waals surface area contributed by atoms with E-state index in [-0.39, 0.29) is 17.6 Å². The summed E-state index contributed by atoms with van der Waals surface area (Å²) in [6, 6.07) is 0.376. The fourth-order valence-electron chi connectivity index (χ4n) is 3.66. The van der Waals surface area contributed by atoms with Crippen LogP contribution in [0.5, 0.6) is 0 Å². The summed E-state index contributed by atoms with van der Waals surface area (Å²) in [5.74, 6) is 1.13. The lowest BCUT2D eigenvalue weighted by Gasteiger charge is -2.37. The Bertz CT molecular complexity index is 476. The Morgan fingerprint density at radius 3 is 2.14 bits per heavy atom. The summed E-state index contributed by atoms with van der Waals surface area (Å²) in [5.41, 5.74) is 0. The summed E-state index contributed by atoms with van der Waals surface area (Å²) in [7, 11) is -1.18. The van der Waals surface area contributed by atoms with Gasteiger partial charge in [-0.05, 0) is 51.4 Å². The summed E-state index contributed by atoms with van der Waals surface area (Å²) in [4.78, 5) is 14.6. The molecule has 1 saturated carbocycles. The number of carbonyl (C=O) groups is 1. The van der Waals surface area contributed by atoms with Crippen molar-refractivity contribution in [1.29, 1.82) is 0 Å². The van der Waals surface area contributed by atoms with Gasteiger partial charge in [0, 0.05) is 32.1 Å². The van der Waals surface area contributed by atoms with Gasteiger partial charge >= 0.3 is 0 Å². The normalized spacial score (nSPS) is 28.5. The van der Waals surface area contributed by atoms with Gasteiger partial charge < -0.3 is 4.90 Å². The van der Waals surface area contributed by atoms with Gasteiger partial charge in [0.15, 0.2) is 0 Å². The molecular formula is C16H30N2O3S. The van der Waals surface area contributed by atoms with Crippen LogP contribution in [0.1, 0.15) is 52.4 Å². The lowest BCUT2D eigenvalue weighted by Crippen LogP contribution is -2.47. The molecule has 0 atom stereocenters. The van der Waals surface area contributed by atoms with Crippen molar-refractivity contribution in [3.05, 3.63) is 0 Å². The van der Waals surface area contributed by atoms with Gasteiger partial charge in [-0.1, -0.05) is 6.92 Å². The first-order valence-electron chi connectivity index (χ1n) is 8.59. The predicted octanol–water partition coefficient (Wildman–Crippen LogP) is 2.09. The third kappa shape index (κ3) is 4.02. The highest BCUT2D eigenvalue weighted by molar-refractivity contribution is 7.89. The molecule has 128 valence electrons. The van der Waals surface area contributed by atoms with Crippen molar-refractivity contribution in [2.24, 2.45) is 11.8 Å². The van der Waals surface area contributed by atoms with Crippen molar-refractivity contribution in [1.82, 2.24) is 9.21 Å². The maximum absolute atomic E-state index is 12.7. The quantitative estimate of drug-likeness (QED) is 0.793. The summed E-state index contributed by atoms with van der Waals surface area (Å²) < 4.78 is 25.3. The summed E-state index contributed by atoms with van der Waals surface area (Å²) >= 11 is 0. The van der Waals surface area contributed by atoms with Crippen LogP contribution in [-0.2, 0) is 14.8 Å². The van der Waals surface area contributed by atoms with Crippen molar-refractivity contribution >= 4 is 15.9 Å². The highest BCUT2D eigenvalue weighted by atomic mass is 32.2. The van der Waals surface area contributed by atoms with Crippen LogP contribution < -0.4 is 0 Å². The van der Waals surface area contributed by atoms with Gasteiger partial charge in [-0.3, -0.25) is 4.79 Å². The van der Waals surface area contributed by atoms with E-state index in [2.05, 4.69) is 6.92 Å². The molecule has 0 spiro atoms.